The minimum atomic E-state index is 0.0713. The van der Waals surface area contributed by atoms with Crippen molar-refractivity contribution in [2.24, 2.45) is 0 Å². The summed E-state index contributed by atoms with van der Waals surface area (Å²) >= 11 is 9.59. The first kappa shape index (κ1) is 15.0. The lowest BCUT2D eigenvalue weighted by molar-refractivity contribution is 0.244. The van der Waals surface area contributed by atoms with E-state index >= 15 is 0 Å². The second kappa shape index (κ2) is 6.37. The quantitative estimate of drug-likeness (QED) is 0.740. The summed E-state index contributed by atoms with van der Waals surface area (Å²) in [7, 11) is 0. The zero-order valence-corrected chi connectivity index (χ0v) is 13.6. The Morgan fingerprint density at radius 1 is 1.20 bits per heavy atom. The van der Waals surface area contributed by atoms with Crippen LogP contribution in [0.25, 0.3) is 0 Å². The number of nitrogens with one attached hydrogen (secondary N) is 1. The van der Waals surface area contributed by atoms with Gasteiger partial charge in [0.15, 0.2) is 0 Å². The van der Waals surface area contributed by atoms with Crippen molar-refractivity contribution in [3.8, 4) is 5.75 Å². The summed E-state index contributed by atoms with van der Waals surface area (Å²) in [5, 5.41) is 3.91. The van der Waals surface area contributed by atoms with Crippen molar-refractivity contribution in [1.29, 1.82) is 0 Å². The van der Waals surface area contributed by atoms with Crippen molar-refractivity contribution in [2.45, 2.75) is 20.0 Å². The zero-order chi connectivity index (χ0) is 14.7. The van der Waals surface area contributed by atoms with Gasteiger partial charge in [0.25, 0.3) is 0 Å². The minimum absolute atomic E-state index is 0.0713. The van der Waals surface area contributed by atoms with Gasteiger partial charge in [-0.3, -0.25) is 0 Å². The van der Waals surface area contributed by atoms with Crippen LogP contribution in [0.2, 0.25) is 5.02 Å². The molecule has 2 aromatic carbocycles. The van der Waals surface area contributed by atoms with Crippen LogP contribution in [0.15, 0.2) is 40.9 Å². The molecule has 0 saturated heterocycles. The average Bonchev–Trinajstić information content (AvgIpc) is 2.37. The summed E-state index contributed by atoms with van der Waals surface area (Å²) in [6.07, 6.45) is 0.0713. The third kappa shape index (κ3) is 3.81. The minimum Gasteiger partial charge on any atom is -0.489 e. The molecule has 0 aliphatic rings. The molecular formula is C15H16BrClN2O. The number of rotatable bonds is 4. The summed E-state index contributed by atoms with van der Waals surface area (Å²) in [6.45, 7) is 3.93. The van der Waals surface area contributed by atoms with E-state index in [0.717, 1.165) is 15.8 Å². The number of anilines is 3. The highest BCUT2D eigenvalue weighted by atomic mass is 79.9. The molecule has 0 spiro atoms. The van der Waals surface area contributed by atoms with E-state index in [-0.39, 0.29) is 6.10 Å². The molecule has 0 bridgehead atoms. The van der Waals surface area contributed by atoms with Gasteiger partial charge in [0.05, 0.1) is 22.5 Å². The topological polar surface area (TPSA) is 47.3 Å². The van der Waals surface area contributed by atoms with E-state index in [1.165, 1.54) is 0 Å². The molecule has 0 aromatic heterocycles. The second-order valence-electron chi connectivity index (χ2n) is 4.67. The van der Waals surface area contributed by atoms with Crippen LogP contribution in [0.3, 0.4) is 0 Å². The van der Waals surface area contributed by atoms with E-state index < -0.39 is 0 Å². The molecule has 0 unspecified atom stereocenters. The predicted molar refractivity (Wildman–Crippen MR) is 89.1 cm³/mol. The van der Waals surface area contributed by atoms with Crippen molar-refractivity contribution in [1.82, 2.24) is 0 Å². The Morgan fingerprint density at radius 2 is 1.95 bits per heavy atom. The maximum atomic E-state index is 6.16. The van der Waals surface area contributed by atoms with Crippen LogP contribution in [0, 0.1) is 0 Å². The fraction of sp³-hybridized carbons (Fsp3) is 0.200. The van der Waals surface area contributed by atoms with E-state index in [9.17, 15) is 0 Å². The molecule has 106 valence electrons. The molecule has 0 aliphatic carbocycles. The fourth-order valence-corrected chi connectivity index (χ4v) is 2.24. The monoisotopic (exact) mass is 354 g/mol. The first-order valence-corrected chi connectivity index (χ1v) is 7.41. The average molecular weight is 356 g/mol. The highest BCUT2D eigenvalue weighted by Gasteiger charge is 2.07. The summed E-state index contributed by atoms with van der Waals surface area (Å²) in [5.41, 5.74) is 8.21. The third-order valence-corrected chi connectivity index (χ3v) is 3.41. The Kier molecular flexibility index (Phi) is 4.78. The number of hydrogen-bond acceptors (Lipinski definition) is 3. The lowest BCUT2D eigenvalue weighted by Gasteiger charge is -2.15. The molecule has 0 aliphatic heterocycles. The maximum Gasteiger partial charge on any atom is 0.144 e. The van der Waals surface area contributed by atoms with Crippen molar-refractivity contribution < 1.29 is 4.74 Å². The number of benzene rings is 2. The number of halogens is 2. The smallest absolute Gasteiger partial charge is 0.144 e. The Bertz CT molecular complexity index is 617. The number of nitrogen functional groups attached to an aromatic ring is 1. The largest absolute Gasteiger partial charge is 0.489 e. The predicted octanol–water partition coefficient (Wildman–Crippen LogP) is 5.22. The van der Waals surface area contributed by atoms with Crippen molar-refractivity contribution in [2.75, 3.05) is 11.1 Å². The number of ether oxygens (including phenoxy) is 1. The zero-order valence-electron chi connectivity index (χ0n) is 11.3. The molecule has 3 N–H and O–H groups in total. The number of hydrogen-bond donors (Lipinski definition) is 2. The highest BCUT2D eigenvalue weighted by molar-refractivity contribution is 9.10. The van der Waals surface area contributed by atoms with Gasteiger partial charge >= 0.3 is 0 Å². The lowest BCUT2D eigenvalue weighted by atomic mass is 10.2. The van der Waals surface area contributed by atoms with E-state index in [2.05, 4.69) is 21.2 Å². The van der Waals surface area contributed by atoms with Gasteiger partial charge in [0.1, 0.15) is 5.75 Å². The Balaban J connectivity index is 2.27. The third-order valence-electron chi connectivity index (χ3n) is 2.58. The molecule has 0 amide bonds. The van der Waals surface area contributed by atoms with Crippen LogP contribution in [-0.4, -0.2) is 6.10 Å². The van der Waals surface area contributed by atoms with E-state index in [0.29, 0.717) is 16.5 Å². The molecule has 0 heterocycles. The first-order valence-electron chi connectivity index (χ1n) is 6.24. The molecule has 0 atom stereocenters. The molecule has 0 fully saturated rings. The van der Waals surface area contributed by atoms with Crippen molar-refractivity contribution >= 4 is 44.6 Å². The molecule has 20 heavy (non-hydrogen) atoms. The Hall–Kier alpha value is -1.39. The van der Waals surface area contributed by atoms with Crippen LogP contribution >= 0.6 is 27.5 Å². The lowest BCUT2D eigenvalue weighted by Crippen LogP contribution is -2.07. The van der Waals surface area contributed by atoms with E-state index in [1.54, 1.807) is 0 Å². The first-order chi connectivity index (χ1) is 9.45. The molecule has 0 saturated carbocycles. The molecular weight excluding hydrogens is 340 g/mol. The van der Waals surface area contributed by atoms with Crippen LogP contribution in [-0.2, 0) is 0 Å². The van der Waals surface area contributed by atoms with Gasteiger partial charge in [0, 0.05) is 16.2 Å². The normalized spacial score (nSPS) is 10.7. The van der Waals surface area contributed by atoms with Gasteiger partial charge in [-0.05, 0) is 44.2 Å². The van der Waals surface area contributed by atoms with Crippen molar-refractivity contribution in [3.63, 3.8) is 0 Å². The van der Waals surface area contributed by atoms with Crippen LogP contribution in [0.4, 0.5) is 17.1 Å². The fourth-order valence-electron chi connectivity index (χ4n) is 1.72. The molecule has 2 aromatic rings. The standard InChI is InChI=1S/C15H16BrClN2O/c1-9(2)20-15-8-11(4-6-13(15)18)19-14-7-10(16)3-5-12(14)17/h3-9,19H,18H2,1-2H3. The Morgan fingerprint density at radius 3 is 2.65 bits per heavy atom. The van der Waals surface area contributed by atoms with Gasteiger partial charge < -0.3 is 15.8 Å². The van der Waals surface area contributed by atoms with E-state index in [4.69, 9.17) is 22.1 Å². The van der Waals surface area contributed by atoms with Crippen LogP contribution in [0.1, 0.15) is 13.8 Å². The van der Waals surface area contributed by atoms with Gasteiger partial charge in [-0.15, -0.1) is 0 Å². The summed E-state index contributed by atoms with van der Waals surface area (Å²) < 4.78 is 6.63. The number of nitrogens with two attached hydrogens (primary N) is 1. The Labute approximate surface area is 132 Å². The molecule has 0 radical (unpaired) electrons. The van der Waals surface area contributed by atoms with Gasteiger partial charge in [-0.25, -0.2) is 0 Å². The SMILES string of the molecule is CC(C)Oc1cc(Nc2cc(Br)ccc2Cl)ccc1N. The summed E-state index contributed by atoms with van der Waals surface area (Å²) in [6, 6.07) is 11.2. The van der Waals surface area contributed by atoms with Crippen LogP contribution in [0.5, 0.6) is 5.75 Å². The van der Waals surface area contributed by atoms with E-state index in [1.807, 2.05) is 50.2 Å². The highest BCUT2D eigenvalue weighted by Crippen LogP contribution is 2.32. The van der Waals surface area contributed by atoms with Gasteiger partial charge in [0.2, 0.25) is 0 Å². The summed E-state index contributed by atoms with van der Waals surface area (Å²) in [4.78, 5) is 0. The molecule has 2 rings (SSSR count). The van der Waals surface area contributed by atoms with Gasteiger partial charge in [-0.1, -0.05) is 27.5 Å². The second-order valence-corrected chi connectivity index (χ2v) is 5.99. The molecule has 5 heteroatoms. The van der Waals surface area contributed by atoms with Crippen LogP contribution < -0.4 is 15.8 Å². The maximum absolute atomic E-state index is 6.16. The molecule has 3 nitrogen and oxygen atoms in total. The van der Waals surface area contributed by atoms with Crippen molar-refractivity contribution in [3.05, 3.63) is 45.9 Å². The summed E-state index contributed by atoms with van der Waals surface area (Å²) in [5.74, 6) is 0.663. The van der Waals surface area contributed by atoms with Gasteiger partial charge in [-0.2, -0.15) is 0 Å².